The minimum absolute atomic E-state index is 0.436. The van der Waals surface area contributed by atoms with Crippen LogP contribution in [0.15, 0.2) is 40.7 Å². The minimum atomic E-state index is 0.436. The number of nitrogens with two attached hydrogens (primary N) is 1. The van der Waals surface area contributed by atoms with Gasteiger partial charge in [-0.25, -0.2) is 9.98 Å². The number of nitrogens with zero attached hydrogens (tertiary/aromatic N) is 2. The second-order valence-electron chi connectivity index (χ2n) is 4.13. The predicted molar refractivity (Wildman–Crippen MR) is 82.1 cm³/mol. The molecule has 2 aromatic rings. The van der Waals surface area contributed by atoms with Gasteiger partial charge in [-0.3, -0.25) is 0 Å². The second-order valence-corrected chi connectivity index (χ2v) is 5.16. The fourth-order valence-electron chi connectivity index (χ4n) is 1.65. The molecule has 0 atom stereocenters. The average molecular weight is 290 g/mol. The number of rotatable bonds is 6. The first kappa shape index (κ1) is 14.3. The first-order valence-corrected chi connectivity index (χ1v) is 7.22. The summed E-state index contributed by atoms with van der Waals surface area (Å²) in [5.41, 5.74) is 6.64. The molecule has 0 aliphatic carbocycles. The fraction of sp³-hybridized carbons (Fsp3) is 0.286. The number of ether oxygens (including phenoxy) is 1. The van der Waals surface area contributed by atoms with Gasteiger partial charge in [-0.15, -0.1) is 11.3 Å². The Hall–Kier alpha value is -2.08. The van der Waals surface area contributed by atoms with Crippen LogP contribution in [0.3, 0.4) is 0 Å². The van der Waals surface area contributed by atoms with Gasteiger partial charge in [-0.2, -0.15) is 0 Å². The summed E-state index contributed by atoms with van der Waals surface area (Å²) in [5.74, 6) is 1.02. The third-order valence-corrected chi connectivity index (χ3v) is 3.60. The topological polar surface area (TPSA) is 72.5 Å². The Balaban J connectivity index is 1.78. The molecule has 0 bridgehead atoms. The lowest BCUT2D eigenvalue weighted by Crippen LogP contribution is -2.33. The highest BCUT2D eigenvalue weighted by Crippen LogP contribution is 2.08. The Morgan fingerprint density at radius 1 is 1.40 bits per heavy atom. The monoisotopic (exact) mass is 290 g/mol. The van der Waals surface area contributed by atoms with Crippen molar-refractivity contribution in [3.05, 3.63) is 46.3 Å². The van der Waals surface area contributed by atoms with Gasteiger partial charge in [0.05, 0.1) is 19.3 Å². The summed E-state index contributed by atoms with van der Waals surface area (Å²) in [4.78, 5) is 9.86. The summed E-state index contributed by atoms with van der Waals surface area (Å²) in [5, 5.41) is 5.17. The normalized spacial score (nSPS) is 11.3. The molecule has 0 aliphatic rings. The molecule has 6 heteroatoms. The van der Waals surface area contributed by atoms with Crippen molar-refractivity contribution in [2.75, 3.05) is 13.7 Å². The van der Waals surface area contributed by atoms with Gasteiger partial charge in [0.2, 0.25) is 5.88 Å². The molecule has 2 heterocycles. The van der Waals surface area contributed by atoms with Crippen LogP contribution >= 0.6 is 11.3 Å². The van der Waals surface area contributed by atoms with Gasteiger partial charge in [0.1, 0.15) is 0 Å². The van der Waals surface area contributed by atoms with Crippen molar-refractivity contribution in [1.29, 1.82) is 0 Å². The van der Waals surface area contributed by atoms with E-state index in [1.54, 1.807) is 24.5 Å². The molecule has 106 valence electrons. The molecule has 3 N–H and O–H groups in total. The van der Waals surface area contributed by atoms with E-state index in [1.807, 2.05) is 18.2 Å². The smallest absolute Gasteiger partial charge is 0.213 e. The maximum absolute atomic E-state index is 5.81. The van der Waals surface area contributed by atoms with Crippen molar-refractivity contribution in [2.45, 2.75) is 13.0 Å². The molecule has 0 unspecified atom stereocenters. The van der Waals surface area contributed by atoms with Crippen LogP contribution in [0.2, 0.25) is 0 Å². The lowest BCUT2D eigenvalue weighted by atomic mass is 10.3. The van der Waals surface area contributed by atoms with Crippen LogP contribution in [0.1, 0.15) is 10.6 Å². The third-order valence-electron chi connectivity index (χ3n) is 2.66. The number of hydrogen-bond acceptors (Lipinski definition) is 4. The van der Waals surface area contributed by atoms with E-state index in [0.29, 0.717) is 18.4 Å². The summed E-state index contributed by atoms with van der Waals surface area (Å²) in [7, 11) is 1.59. The van der Waals surface area contributed by atoms with Crippen molar-refractivity contribution in [1.82, 2.24) is 10.3 Å². The summed E-state index contributed by atoms with van der Waals surface area (Å²) in [6.07, 6.45) is 0.950. The predicted octanol–water partition coefficient (Wildman–Crippen LogP) is 1.80. The van der Waals surface area contributed by atoms with Crippen LogP contribution in [0.25, 0.3) is 0 Å². The summed E-state index contributed by atoms with van der Waals surface area (Å²) in [6, 6.07) is 9.74. The van der Waals surface area contributed by atoms with Gasteiger partial charge >= 0.3 is 0 Å². The fourth-order valence-corrected chi connectivity index (χ4v) is 2.36. The summed E-state index contributed by atoms with van der Waals surface area (Å²) in [6.45, 7) is 1.22. The molecular formula is C14H18N4OS. The Labute approximate surface area is 122 Å². The first-order valence-electron chi connectivity index (χ1n) is 6.34. The summed E-state index contributed by atoms with van der Waals surface area (Å²) < 4.78 is 5.06. The molecule has 20 heavy (non-hydrogen) atoms. The number of methoxy groups -OCH3 is 1. The molecule has 2 aromatic heterocycles. The lowest BCUT2D eigenvalue weighted by Gasteiger charge is -2.05. The quantitative estimate of drug-likeness (QED) is 0.628. The number of aromatic nitrogens is 1. The number of nitrogens with one attached hydrogen (secondary N) is 1. The Bertz CT molecular complexity index is 554. The van der Waals surface area contributed by atoms with E-state index in [1.165, 1.54) is 4.88 Å². The van der Waals surface area contributed by atoms with E-state index in [4.69, 9.17) is 10.5 Å². The second kappa shape index (κ2) is 7.49. The molecule has 0 fully saturated rings. The van der Waals surface area contributed by atoms with E-state index in [2.05, 4.69) is 26.7 Å². The van der Waals surface area contributed by atoms with Crippen molar-refractivity contribution in [3.63, 3.8) is 0 Å². The Kier molecular flexibility index (Phi) is 5.37. The molecule has 2 rings (SSSR count). The van der Waals surface area contributed by atoms with Crippen LogP contribution in [0.4, 0.5) is 0 Å². The molecule has 0 saturated carbocycles. The zero-order valence-electron chi connectivity index (χ0n) is 11.4. The maximum Gasteiger partial charge on any atom is 0.213 e. The minimum Gasteiger partial charge on any atom is -0.481 e. The lowest BCUT2D eigenvalue weighted by molar-refractivity contribution is 0.396. The number of guanidine groups is 1. The molecular weight excluding hydrogens is 272 g/mol. The van der Waals surface area contributed by atoms with E-state index in [0.717, 1.165) is 18.7 Å². The van der Waals surface area contributed by atoms with E-state index in [9.17, 15) is 0 Å². The standard InChI is InChI=1S/C14H18N4OS/c1-19-13-6-2-4-11(18-13)10-17-14(15)16-8-7-12-5-3-9-20-12/h2-6,9H,7-8,10H2,1H3,(H3,15,16,17). The maximum atomic E-state index is 5.81. The van der Waals surface area contributed by atoms with Crippen LogP contribution in [0, 0.1) is 0 Å². The molecule has 0 saturated heterocycles. The van der Waals surface area contributed by atoms with Crippen LogP contribution in [0.5, 0.6) is 5.88 Å². The number of hydrogen-bond donors (Lipinski definition) is 2. The number of pyridine rings is 1. The highest BCUT2D eigenvalue weighted by Gasteiger charge is 1.98. The SMILES string of the molecule is COc1cccc(CN=C(N)NCCc2cccs2)n1. The Morgan fingerprint density at radius 2 is 2.30 bits per heavy atom. The van der Waals surface area contributed by atoms with Crippen LogP contribution < -0.4 is 15.8 Å². The largest absolute Gasteiger partial charge is 0.481 e. The molecule has 0 aromatic carbocycles. The van der Waals surface area contributed by atoms with Crippen molar-refractivity contribution >= 4 is 17.3 Å². The van der Waals surface area contributed by atoms with E-state index < -0.39 is 0 Å². The van der Waals surface area contributed by atoms with E-state index >= 15 is 0 Å². The first-order chi connectivity index (χ1) is 9.78. The van der Waals surface area contributed by atoms with Gasteiger partial charge in [-0.1, -0.05) is 12.1 Å². The van der Waals surface area contributed by atoms with Gasteiger partial charge in [0.25, 0.3) is 0 Å². The van der Waals surface area contributed by atoms with Gasteiger partial charge in [-0.05, 0) is 23.9 Å². The van der Waals surface area contributed by atoms with Crippen molar-refractivity contribution in [2.24, 2.45) is 10.7 Å². The van der Waals surface area contributed by atoms with Crippen molar-refractivity contribution in [3.8, 4) is 5.88 Å². The van der Waals surface area contributed by atoms with Gasteiger partial charge < -0.3 is 15.8 Å². The zero-order valence-corrected chi connectivity index (χ0v) is 12.2. The number of thiophene rings is 1. The average Bonchev–Trinajstić information content (AvgIpc) is 2.98. The van der Waals surface area contributed by atoms with Crippen molar-refractivity contribution < 1.29 is 4.74 Å². The van der Waals surface area contributed by atoms with Crippen LogP contribution in [-0.2, 0) is 13.0 Å². The highest BCUT2D eigenvalue weighted by atomic mass is 32.1. The molecule has 0 aliphatic heterocycles. The molecule has 5 nitrogen and oxygen atoms in total. The highest BCUT2D eigenvalue weighted by molar-refractivity contribution is 7.09. The zero-order chi connectivity index (χ0) is 14.2. The molecule has 0 spiro atoms. The van der Waals surface area contributed by atoms with Crippen LogP contribution in [-0.4, -0.2) is 24.6 Å². The van der Waals surface area contributed by atoms with Gasteiger partial charge in [0, 0.05) is 17.5 Å². The molecule has 0 radical (unpaired) electrons. The Morgan fingerprint density at radius 3 is 3.05 bits per heavy atom. The molecule has 0 amide bonds. The third kappa shape index (κ3) is 4.55. The van der Waals surface area contributed by atoms with E-state index in [-0.39, 0.29) is 0 Å². The van der Waals surface area contributed by atoms with Gasteiger partial charge in [0.15, 0.2) is 5.96 Å². The number of aliphatic imine (C=N–C) groups is 1. The summed E-state index contributed by atoms with van der Waals surface area (Å²) >= 11 is 1.74.